The van der Waals surface area contributed by atoms with Gasteiger partial charge in [-0.3, -0.25) is 10.00 Å². The molecule has 1 unspecified atom stereocenters. The predicted octanol–water partition coefficient (Wildman–Crippen LogP) is 3.62. The van der Waals surface area contributed by atoms with Crippen molar-refractivity contribution < 1.29 is 0 Å². The molecule has 0 radical (unpaired) electrons. The van der Waals surface area contributed by atoms with E-state index in [9.17, 15) is 0 Å². The third-order valence-corrected chi connectivity index (χ3v) is 4.83. The van der Waals surface area contributed by atoms with Crippen LogP contribution in [0.1, 0.15) is 23.7 Å². The van der Waals surface area contributed by atoms with E-state index in [1.54, 1.807) is 6.20 Å². The summed E-state index contributed by atoms with van der Waals surface area (Å²) < 4.78 is 0.793. The second-order valence-electron chi connectivity index (χ2n) is 6.12. The fourth-order valence-electron chi connectivity index (χ4n) is 3.17. The molecule has 2 aromatic heterocycles. The van der Waals surface area contributed by atoms with Gasteiger partial charge in [-0.25, -0.2) is 9.97 Å². The van der Waals surface area contributed by atoms with E-state index in [1.165, 1.54) is 5.56 Å². The lowest BCUT2D eigenvalue weighted by molar-refractivity contribution is 0.326. The van der Waals surface area contributed by atoms with Crippen molar-refractivity contribution in [3.63, 3.8) is 0 Å². The number of nitrogens with zero attached hydrogens (tertiary/aromatic N) is 4. The third kappa shape index (κ3) is 3.39. The molecule has 1 aromatic carbocycles. The van der Waals surface area contributed by atoms with E-state index in [1.807, 2.05) is 12.1 Å². The van der Waals surface area contributed by atoms with E-state index in [0.29, 0.717) is 5.92 Å². The maximum absolute atomic E-state index is 4.70. The first-order valence-electron chi connectivity index (χ1n) is 8.08. The monoisotopic (exact) mass is 383 g/mol. The number of likely N-dealkylation sites (tertiary alicyclic amines) is 1. The Morgan fingerprint density at radius 1 is 1.21 bits per heavy atom. The first kappa shape index (κ1) is 15.5. The van der Waals surface area contributed by atoms with Gasteiger partial charge in [-0.15, -0.1) is 0 Å². The number of pyridine rings is 1. The number of aromatic amines is 1. The molecular weight excluding hydrogens is 366 g/mol. The van der Waals surface area contributed by atoms with Crippen LogP contribution in [0.3, 0.4) is 0 Å². The van der Waals surface area contributed by atoms with Gasteiger partial charge in [-0.2, -0.15) is 5.10 Å². The summed E-state index contributed by atoms with van der Waals surface area (Å²) in [6.07, 6.45) is 2.87. The fourth-order valence-corrected chi connectivity index (χ4v) is 3.53. The molecule has 5 nitrogen and oxygen atoms in total. The standard InChI is InChI=1S/C18H18BrN5/c19-16-10-14(6-8-20-16)17-21-18(23-22-17)15-7-9-24(12-15)11-13-4-2-1-3-5-13/h1-6,8,10,15H,7,9,11-12H2,(H,21,22,23). The highest BCUT2D eigenvalue weighted by Gasteiger charge is 2.26. The van der Waals surface area contributed by atoms with Crippen LogP contribution < -0.4 is 0 Å². The summed E-state index contributed by atoms with van der Waals surface area (Å²) in [7, 11) is 0. The van der Waals surface area contributed by atoms with Crippen molar-refractivity contribution in [2.24, 2.45) is 0 Å². The van der Waals surface area contributed by atoms with Crippen molar-refractivity contribution in [3.8, 4) is 11.4 Å². The molecule has 0 aliphatic carbocycles. The van der Waals surface area contributed by atoms with Crippen LogP contribution in [-0.4, -0.2) is 38.2 Å². The smallest absolute Gasteiger partial charge is 0.181 e. The van der Waals surface area contributed by atoms with Crippen LogP contribution in [0.5, 0.6) is 0 Å². The Kier molecular flexibility index (Phi) is 4.40. The normalized spacial score (nSPS) is 18.1. The minimum Gasteiger partial charge on any atom is -0.298 e. The Morgan fingerprint density at radius 2 is 2.08 bits per heavy atom. The van der Waals surface area contributed by atoms with Crippen LogP contribution in [0.4, 0.5) is 0 Å². The highest BCUT2D eigenvalue weighted by Crippen LogP contribution is 2.27. The van der Waals surface area contributed by atoms with Gasteiger partial charge in [0.25, 0.3) is 0 Å². The molecule has 3 aromatic rings. The van der Waals surface area contributed by atoms with Crippen LogP contribution >= 0.6 is 15.9 Å². The van der Waals surface area contributed by atoms with Gasteiger partial charge in [0, 0.05) is 30.8 Å². The topological polar surface area (TPSA) is 57.7 Å². The molecule has 0 spiro atoms. The molecule has 0 saturated carbocycles. The maximum atomic E-state index is 4.70. The molecule has 24 heavy (non-hydrogen) atoms. The minimum atomic E-state index is 0.417. The van der Waals surface area contributed by atoms with Crippen molar-refractivity contribution >= 4 is 15.9 Å². The second kappa shape index (κ2) is 6.83. The summed E-state index contributed by atoms with van der Waals surface area (Å²) >= 11 is 3.39. The SMILES string of the molecule is Brc1cc(-c2n[nH]c(C3CCN(Cc4ccccc4)C3)n2)ccn1. The number of halogens is 1. The van der Waals surface area contributed by atoms with Crippen LogP contribution in [0.25, 0.3) is 11.4 Å². The van der Waals surface area contributed by atoms with E-state index in [-0.39, 0.29) is 0 Å². The lowest BCUT2D eigenvalue weighted by atomic mass is 10.1. The van der Waals surface area contributed by atoms with Crippen LogP contribution in [-0.2, 0) is 6.54 Å². The molecule has 122 valence electrons. The van der Waals surface area contributed by atoms with Crippen LogP contribution in [0.2, 0.25) is 0 Å². The summed E-state index contributed by atoms with van der Waals surface area (Å²) in [4.78, 5) is 11.3. The molecule has 3 heterocycles. The molecular formula is C18H18BrN5. The highest BCUT2D eigenvalue weighted by atomic mass is 79.9. The van der Waals surface area contributed by atoms with Crippen molar-refractivity contribution in [1.29, 1.82) is 0 Å². The molecule has 1 saturated heterocycles. The zero-order valence-electron chi connectivity index (χ0n) is 13.2. The lowest BCUT2D eigenvalue weighted by Gasteiger charge is -2.15. The lowest BCUT2D eigenvalue weighted by Crippen LogP contribution is -2.19. The van der Waals surface area contributed by atoms with Crippen molar-refractivity contribution in [2.75, 3.05) is 13.1 Å². The molecule has 6 heteroatoms. The van der Waals surface area contributed by atoms with Gasteiger partial charge in [-0.05, 0) is 46.6 Å². The Labute approximate surface area is 149 Å². The Bertz CT molecular complexity index is 817. The number of hydrogen-bond donors (Lipinski definition) is 1. The third-order valence-electron chi connectivity index (χ3n) is 4.40. The highest BCUT2D eigenvalue weighted by molar-refractivity contribution is 9.10. The number of H-pyrrole nitrogens is 1. The van der Waals surface area contributed by atoms with Crippen molar-refractivity contribution in [2.45, 2.75) is 18.9 Å². The molecule has 1 N–H and O–H groups in total. The van der Waals surface area contributed by atoms with Crippen LogP contribution in [0.15, 0.2) is 53.3 Å². The molecule has 1 aliphatic heterocycles. The van der Waals surface area contributed by atoms with Gasteiger partial charge >= 0.3 is 0 Å². The van der Waals surface area contributed by atoms with E-state index in [0.717, 1.165) is 47.9 Å². The van der Waals surface area contributed by atoms with E-state index >= 15 is 0 Å². The zero-order chi connectivity index (χ0) is 16.4. The molecule has 0 bridgehead atoms. The zero-order valence-corrected chi connectivity index (χ0v) is 14.8. The first-order chi connectivity index (χ1) is 11.8. The quantitative estimate of drug-likeness (QED) is 0.699. The molecule has 1 aliphatic rings. The van der Waals surface area contributed by atoms with Gasteiger partial charge in [0.15, 0.2) is 5.82 Å². The summed E-state index contributed by atoms with van der Waals surface area (Å²) in [5, 5.41) is 7.50. The Balaban J connectivity index is 1.44. The van der Waals surface area contributed by atoms with E-state index < -0.39 is 0 Å². The second-order valence-corrected chi connectivity index (χ2v) is 6.93. The molecule has 1 fully saturated rings. The van der Waals surface area contributed by atoms with Gasteiger partial charge in [0.05, 0.1) is 0 Å². The number of benzene rings is 1. The van der Waals surface area contributed by atoms with Gasteiger partial charge in [0.2, 0.25) is 0 Å². The van der Waals surface area contributed by atoms with Crippen LogP contribution in [0, 0.1) is 0 Å². The number of hydrogen-bond acceptors (Lipinski definition) is 4. The number of aromatic nitrogens is 4. The Hall–Kier alpha value is -2.05. The van der Waals surface area contributed by atoms with Gasteiger partial charge in [-0.1, -0.05) is 30.3 Å². The Morgan fingerprint density at radius 3 is 2.92 bits per heavy atom. The average molecular weight is 384 g/mol. The maximum Gasteiger partial charge on any atom is 0.181 e. The largest absolute Gasteiger partial charge is 0.298 e. The number of nitrogens with one attached hydrogen (secondary N) is 1. The number of rotatable bonds is 4. The predicted molar refractivity (Wildman–Crippen MR) is 96.4 cm³/mol. The van der Waals surface area contributed by atoms with Crippen molar-refractivity contribution in [1.82, 2.24) is 25.1 Å². The van der Waals surface area contributed by atoms with E-state index in [2.05, 4.69) is 66.3 Å². The minimum absolute atomic E-state index is 0.417. The summed E-state index contributed by atoms with van der Waals surface area (Å²) in [5.74, 6) is 2.13. The average Bonchev–Trinajstić information content (AvgIpc) is 3.25. The molecule has 4 rings (SSSR count). The molecule has 0 amide bonds. The summed E-state index contributed by atoms with van der Waals surface area (Å²) in [5.41, 5.74) is 2.33. The van der Waals surface area contributed by atoms with Gasteiger partial charge in [0.1, 0.15) is 10.4 Å². The van der Waals surface area contributed by atoms with Crippen molar-refractivity contribution in [3.05, 3.63) is 64.7 Å². The van der Waals surface area contributed by atoms with E-state index in [4.69, 9.17) is 4.98 Å². The first-order valence-corrected chi connectivity index (χ1v) is 8.88. The van der Waals surface area contributed by atoms with Gasteiger partial charge < -0.3 is 0 Å². The summed E-state index contributed by atoms with van der Waals surface area (Å²) in [6.45, 7) is 3.11. The summed E-state index contributed by atoms with van der Waals surface area (Å²) in [6, 6.07) is 14.5. The molecule has 1 atom stereocenters. The fraction of sp³-hybridized carbons (Fsp3) is 0.278.